The second-order valence-corrected chi connectivity index (χ2v) is 8.28. The van der Waals surface area contributed by atoms with E-state index in [1.807, 2.05) is 12.1 Å². The van der Waals surface area contributed by atoms with Crippen LogP contribution in [0, 0.1) is 11.8 Å². The predicted octanol–water partition coefficient (Wildman–Crippen LogP) is 4.57. The first-order valence-electron chi connectivity index (χ1n) is 9.95. The number of aliphatic hydroxyl groups is 1. The van der Waals surface area contributed by atoms with Crippen LogP contribution in [0.1, 0.15) is 65.9 Å². The Morgan fingerprint density at radius 2 is 1.77 bits per heavy atom. The van der Waals surface area contributed by atoms with Gasteiger partial charge in [-0.2, -0.15) is 0 Å². The van der Waals surface area contributed by atoms with Gasteiger partial charge >= 0.3 is 0 Å². The highest BCUT2D eigenvalue weighted by molar-refractivity contribution is 5.43. The molecular weight excluding hydrogens is 326 g/mol. The fourth-order valence-electron chi connectivity index (χ4n) is 2.98. The number of aryl methyl sites for hydroxylation is 1. The summed E-state index contributed by atoms with van der Waals surface area (Å²) in [5.74, 6) is 2.51. The maximum absolute atomic E-state index is 9.61. The van der Waals surface area contributed by atoms with Crippen LogP contribution in [-0.4, -0.2) is 30.5 Å². The van der Waals surface area contributed by atoms with E-state index in [1.165, 1.54) is 12.8 Å². The Morgan fingerprint density at radius 3 is 2.31 bits per heavy atom. The lowest BCUT2D eigenvalue weighted by atomic mass is 9.83. The highest BCUT2D eigenvalue weighted by Crippen LogP contribution is 2.31. The van der Waals surface area contributed by atoms with Gasteiger partial charge in [0.25, 0.3) is 0 Å². The van der Waals surface area contributed by atoms with Crippen LogP contribution in [0.3, 0.4) is 0 Å². The van der Waals surface area contributed by atoms with E-state index >= 15 is 0 Å². The van der Waals surface area contributed by atoms with E-state index < -0.39 is 5.54 Å². The maximum atomic E-state index is 9.61. The number of benzene rings is 1. The lowest BCUT2D eigenvalue weighted by Crippen LogP contribution is -2.48. The summed E-state index contributed by atoms with van der Waals surface area (Å²) in [6.45, 7) is 10.7. The Morgan fingerprint density at radius 1 is 1.08 bits per heavy atom. The van der Waals surface area contributed by atoms with Crippen LogP contribution in [-0.2, 0) is 6.42 Å². The highest BCUT2D eigenvalue weighted by atomic mass is 16.5. The molecule has 2 atom stereocenters. The Kier molecular flexibility index (Phi) is 9.45. The number of rotatable bonds is 12. The molecule has 26 heavy (non-hydrogen) atoms. The van der Waals surface area contributed by atoms with Crippen molar-refractivity contribution in [1.82, 2.24) is 0 Å². The summed E-state index contributed by atoms with van der Waals surface area (Å²) >= 11 is 0. The average molecular weight is 366 g/mol. The lowest BCUT2D eigenvalue weighted by molar-refractivity contribution is 0.146. The second-order valence-electron chi connectivity index (χ2n) is 8.28. The quantitative estimate of drug-likeness (QED) is 0.569. The zero-order valence-corrected chi connectivity index (χ0v) is 17.5. The summed E-state index contributed by atoms with van der Waals surface area (Å²) in [7, 11) is 1.67. The van der Waals surface area contributed by atoms with E-state index in [9.17, 15) is 5.11 Å². The molecule has 1 unspecified atom stereocenters. The SMILES string of the molecule is COc1cc(CC[C@@](N)(CO)C(C)C)ccc1OC(C)CCCC(C)C. The van der Waals surface area contributed by atoms with Crippen molar-refractivity contribution in [2.75, 3.05) is 13.7 Å². The molecule has 1 aromatic carbocycles. The Labute approximate surface area is 160 Å². The summed E-state index contributed by atoms with van der Waals surface area (Å²) in [5.41, 5.74) is 6.91. The van der Waals surface area contributed by atoms with E-state index in [2.05, 4.69) is 40.7 Å². The number of hydrogen-bond donors (Lipinski definition) is 2. The molecule has 0 saturated carbocycles. The first-order valence-corrected chi connectivity index (χ1v) is 9.95. The van der Waals surface area contributed by atoms with Crippen molar-refractivity contribution in [3.8, 4) is 11.5 Å². The van der Waals surface area contributed by atoms with Gasteiger partial charge < -0.3 is 20.3 Å². The Bertz CT molecular complexity index is 530. The first kappa shape index (κ1) is 22.8. The van der Waals surface area contributed by atoms with Gasteiger partial charge in [0.05, 0.1) is 19.8 Å². The van der Waals surface area contributed by atoms with Crippen LogP contribution >= 0.6 is 0 Å². The Hall–Kier alpha value is -1.26. The molecule has 1 aromatic rings. The fourth-order valence-corrected chi connectivity index (χ4v) is 2.98. The molecule has 0 fully saturated rings. The monoisotopic (exact) mass is 365 g/mol. The molecule has 0 aliphatic rings. The van der Waals surface area contributed by atoms with Gasteiger partial charge in [0, 0.05) is 5.54 Å². The number of ether oxygens (including phenoxy) is 2. The molecule has 4 heteroatoms. The molecular formula is C22H39NO3. The van der Waals surface area contributed by atoms with Crippen LogP contribution < -0.4 is 15.2 Å². The van der Waals surface area contributed by atoms with E-state index in [0.29, 0.717) is 0 Å². The topological polar surface area (TPSA) is 64.7 Å². The molecule has 1 rings (SSSR count). The summed E-state index contributed by atoms with van der Waals surface area (Å²) in [5, 5.41) is 9.61. The number of methoxy groups -OCH3 is 1. The molecule has 0 aromatic heterocycles. The smallest absolute Gasteiger partial charge is 0.161 e. The zero-order valence-electron chi connectivity index (χ0n) is 17.5. The van der Waals surface area contributed by atoms with Crippen LogP contribution in [0.25, 0.3) is 0 Å². The van der Waals surface area contributed by atoms with Gasteiger partial charge in [-0.05, 0) is 62.1 Å². The van der Waals surface area contributed by atoms with Gasteiger partial charge in [0.1, 0.15) is 0 Å². The van der Waals surface area contributed by atoms with Crippen LogP contribution in [0.2, 0.25) is 0 Å². The average Bonchev–Trinajstić information content (AvgIpc) is 2.59. The van der Waals surface area contributed by atoms with Crippen LogP contribution in [0.5, 0.6) is 11.5 Å². The molecule has 0 saturated heterocycles. The minimum Gasteiger partial charge on any atom is -0.493 e. The summed E-state index contributed by atoms with van der Waals surface area (Å²) in [6, 6.07) is 6.07. The number of hydrogen-bond acceptors (Lipinski definition) is 4. The predicted molar refractivity (Wildman–Crippen MR) is 109 cm³/mol. The molecule has 0 spiro atoms. The van der Waals surface area contributed by atoms with Crippen molar-refractivity contribution in [3.05, 3.63) is 23.8 Å². The van der Waals surface area contributed by atoms with Gasteiger partial charge in [-0.3, -0.25) is 0 Å². The van der Waals surface area contributed by atoms with Gasteiger partial charge in [0.2, 0.25) is 0 Å². The first-order chi connectivity index (χ1) is 12.2. The summed E-state index contributed by atoms with van der Waals surface area (Å²) in [4.78, 5) is 0. The largest absolute Gasteiger partial charge is 0.493 e. The lowest BCUT2D eigenvalue weighted by Gasteiger charge is -2.31. The van der Waals surface area contributed by atoms with E-state index in [4.69, 9.17) is 15.2 Å². The normalized spacial score (nSPS) is 15.2. The standard InChI is InChI=1S/C22H39NO3/c1-16(2)8-7-9-18(5)26-20-11-10-19(14-21(20)25-6)12-13-22(23,15-24)17(3)4/h10-11,14,16-18,24H,7-9,12-13,15,23H2,1-6H3/t18?,22-/m1/s1. The van der Waals surface area contributed by atoms with Crippen molar-refractivity contribution in [1.29, 1.82) is 0 Å². The number of nitrogens with two attached hydrogens (primary N) is 1. The highest BCUT2D eigenvalue weighted by Gasteiger charge is 2.27. The van der Waals surface area contributed by atoms with Gasteiger partial charge in [-0.15, -0.1) is 0 Å². The van der Waals surface area contributed by atoms with Crippen molar-refractivity contribution in [2.45, 2.75) is 78.4 Å². The third kappa shape index (κ3) is 7.16. The minimum absolute atomic E-state index is 0.00309. The Balaban J connectivity index is 2.69. The fraction of sp³-hybridized carbons (Fsp3) is 0.727. The van der Waals surface area contributed by atoms with E-state index in [1.54, 1.807) is 7.11 Å². The molecule has 0 aliphatic heterocycles. The second kappa shape index (κ2) is 10.8. The van der Waals surface area contributed by atoms with Gasteiger partial charge in [-0.1, -0.05) is 40.2 Å². The molecule has 0 bridgehead atoms. The van der Waals surface area contributed by atoms with Gasteiger partial charge in [-0.25, -0.2) is 0 Å². The van der Waals surface area contributed by atoms with Gasteiger partial charge in [0.15, 0.2) is 11.5 Å². The third-order valence-corrected chi connectivity index (χ3v) is 5.27. The molecule has 3 N–H and O–H groups in total. The van der Waals surface area contributed by atoms with Crippen molar-refractivity contribution in [3.63, 3.8) is 0 Å². The molecule has 0 heterocycles. The van der Waals surface area contributed by atoms with E-state index in [0.717, 1.165) is 42.2 Å². The molecule has 0 radical (unpaired) electrons. The van der Waals surface area contributed by atoms with Crippen molar-refractivity contribution < 1.29 is 14.6 Å². The van der Waals surface area contributed by atoms with Crippen molar-refractivity contribution in [2.24, 2.45) is 17.6 Å². The van der Waals surface area contributed by atoms with Crippen LogP contribution in [0.4, 0.5) is 0 Å². The summed E-state index contributed by atoms with van der Waals surface area (Å²) < 4.78 is 11.6. The molecule has 4 nitrogen and oxygen atoms in total. The third-order valence-electron chi connectivity index (χ3n) is 5.27. The maximum Gasteiger partial charge on any atom is 0.161 e. The minimum atomic E-state index is -0.548. The van der Waals surface area contributed by atoms with E-state index in [-0.39, 0.29) is 18.6 Å². The zero-order chi connectivity index (χ0) is 19.7. The number of aliphatic hydroxyl groups excluding tert-OH is 1. The van der Waals surface area contributed by atoms with Crippen molar-refractivity contribution >= 4 is 0 Å². The summed E-state index contributed by atoms with van der Waals surface area (Å²) in [6.07, 6.45) is 5.15. The molecule has 150 valence electrons. The molecule has 0 amide bonds. The van der Waals surface area contributed by atoms with Crippen LogP contribution in [0.15, 0.2) is 18.2 Å². The molecule has 0 aliphatic carbocycles.